The van der Waals surface area contributed by atoms with E-state index in [1.54, 1.807) is 12.1 Å². The molecule has 0 amide bonds. The average Bonchev–Trinajstić information content (AvgIpc) is 2.05. The Morgan fingerprint density at radius 2 is 2.17 bits per heavy atom. The first kappa shape index (κ1) is 8.96. The molecular weight excluding hydrogens is 161 g/mol. The van der Waals surface area contributed by atoms with Crippen molar-refractivity contribution in [1.82, 2.24) is 0 Å². The van der Waals surface area contributed by atoms with Gasteiger partial charge >= 0.3 is 0 Å². The number of hydrogen-bond acceptors (Lipinski definition) is 3. The van der Waals surface area contributed by atoms with E-state index in [9.17, 15) is 4.39 Å². The summed E-state index contributed by atoms with van der Waals surface area (Å²) in [4.78, 5) is 4.28. The lowest BCUT2D eigenvalue weighted by Gasteiger charge is -2.03. The van der Waals surface area contributed by atoms with Crippen LogP contribution >= 0.6 is 0 Å². The van der Waals surface area contributed by atoms with Gasteiger partial charge in [0.25, 0.3) is 0 Å². The maximum absolute atomic E-state index is 12.5. The fourth-order valence-corrected chi connectivity index (χ4v) is 0.764. The second-order valence-corrected chi connectivity index (χ2v) is 2.18. The fourth-order valence-electron chi connectivity index (χ4n) is 0.764. The minimum atomic E-state index is -0.318. The number of nitrogens with two attached hydrogens (primary N) is 1. The maximum atomic E-state index is 12.5. The Morgan fingerprint density at radius 3 is 2.83 bits per heavy atom. The molecule has 0 atom stereocenters. The van der Waals surface area contributed by atoms with Crippen molar-refractivity contribution in [2.24, 2.45) is 5.90 Å². The molecule has 0 aliphatic heterocycles. The Hall–Kier alpha value is -1.13. The first-order valence-corrected chi connectivity index (χ1v) is 3.53. The summed E-state index contributed by atoms with van der Waals surface area (Å²) < 4.78 is 17.6. The number of ether oxygens (including phenoxy) is 1. The van der Waals surface area contributed by atoms with E-state index in [4.69, 9.17) is 10.6 Å². The molecule has 0 saturated heterocycles. The summed E-state index contributed by atoms with van der Waals surface area (Å²) in [6.07, 6.45) is 0. The molecule has 0 radical (unpaired) electrons. The van der Waals surface area contributed by atoms with E-state index in [-0.39, 0.29) is 12.4 Å². The van der Waals surface area contributed by atoms with Gasteiger partial charge in [0.05, 0.1) is 0 Å². The molecule has 4 heteroatoms. The van der Waals surface area contributed by atoms with Gasteiger partial charge < -0.3 is 9.57 Å². The van der Waals surface area contributed by atoms with Gasteiger partial charge in [-0.15, -0.1) is 0 Å². The first-order chi connectivity index (χ1) is 5.83. The van der Waals surface area contributed by atoms with E-state index in [0.29, 0.717) is 12.4 Å². The number of halogens is 1. The normalized spacial score (nSPS) is 9.83. The van der Waals surface area contributed by atoms with Crippen molar-refractivity contribution in [3.8, 4) is 5.75 Å². The third kappa shape index (κ3) is 2.86. The molecule has 0 aromatic heterocycles. The van der Waals surface area contributed by atoms with Gasteiger partial charge in [0.1, 0.15) is 24.8 Å². The zero-order valence-corrected chi connectivity index (χ0v) is 6.50. The SMILES string of the molecule is NOCCOc1cccc(F)c1. The highest BCUT2D eigenvalue weighted by molar-refractivity contribution is 5.22. The molecule has 1 aromatic carbocycles. The van der Waals surface area contributed by atoms with Crippen molar-refractivity contribution in [2.75, 3.05) is 13.2 Å². The molecule has 0 saturated carbocycles. The molecule has 0 bridgehead atoms. The predicted octanol–water partition coefficient (Wildman–Crippen LogP) is 1.09. The molecule has 0 aliphatic carbocycles. The van der Waals surface area contributed by atoms with Crippen molar-refractivity contribution in [1.29, 1.82) is 0 Å². The van der Waals surface area contributed by atoms with Crippen LogP contribution in [0.15, 0.2) is 24.3 Å². The molecule has 0 aliphatic rings. The maximum Gasteiger partial charge on any atom is 0.126 e. The Kier molecular flexibility index (Phi) is 3.50. The quantitative estimate of drug-likeness (QED) is 0.545. The van der Waals surface area contributed by atoms with Crippen LogP contribution in [-0.4, -0.2) is 13.2 Å². The van der Waals surface area contributed by atoms with Crippen LogP contribution in [0.25, 0.3) is 0 Å². The topological polar surface area (TPSA) is 44.5 Å². The third-order valence-corrected chi connectivity index (χ3v) is 1.27. The van der Waals surface area contributed by atoms with Crippen LogP contribution in [0.5, 0.6) is 5.75 Å². The highest BCUT2D eigenvalue weighted by Gasteiger charge is 1.94. The lowest BCUT2D eigenvalue weighted by Crippen LogP contribution is -2.09. The second kappa shape index (κ2) is 4.69. The average molecular weight is 171 g/mol. The minimum Gasteiger partial charge on any atom is -0.491 e. The third-order valence-electron chi connectivity index (χ3n) is 1.27. The lowest BCUT2D eigenvalue weighted by atomic mass is 10.3. The van der Waals surface area contributed by atoms with Crippen LogP contribution in [-0.2, 0) is 4.84 Å². The van der Waals surface area contributed by atoms with E-state index in [1.165, 1.54) is 12.1 Å². The van der Waals surface area contributed by atoms with E-state index in [1.807, 2.05) is 0 Å². The zero-order valence-electron chi connectivity index (χ0n) is 6.50. The summed E-state index contributed by atoms with van der Waals surface area (Å²) in [7, 11) is 0. The van der Waals surface area contributed by atoms with Gasteiger partial charge in [-0.1, -0.05) is 6.07 Å². The predicted molar refractivity (Wildman–Crippen MR) is 42.0 cm³/mol. The first-order valence-electron chi connectivity index (χ1n) is 3.53. The summed E-state index contributed by atoms with van der Waals surface area (Å²) in [6.45, 7) is 0.608. The van der Waals surface area contributed by atoms with Crippen LogP contribution in [0.2, 0.25) is 0 Å². The van der Waals surface area contributed by atoms with Crippen LogP contribution in [0.1, 0.15) is 0 Å². The Balaban J connectivity index is 2.41. The Bertz CT molecular complexity index is 242. The Labute approximate surface area is 69.8 Å². The van der Waals surface area contributed by atoms with Gasteiger partial charge in [0.15, 0.2) is 0 Å². The van der Waals surface area contributed by atoms with Gasteiger partial charge in [0.2, 0.25) is 0 Å². The number of hydrogen-bond donors (Lipinski definition) is 1. The smallest absolute Gasteiger partial charge is 0.126 e. The van der Waals surface area contributed by atoms with E-state index < -0.39 is 0 Å². The van der Waals surface area contributed by atoms with Gasteiger partial charge in [-0.3, -0.25) is 0 Å². The number of rotatable bonds is 4. The summed E-state index contributed by atoms with van der Waals surface area (Å²) >= 11 is 0. The molecule has 3 nitrogen and oxygen atoms in total. The van der Waals surface area contributed by atoms with Crippen molar-refractivity contribution in [2.45, 2.75) is 0 Å². The standard InChI is InChI=1S/C8H10FNO2/c9-7-2-1-3-8(6-7)11-4-5-12-10/h1-3,6H,4-5,10H2. The summed E-state index contributed by atoms with van der Waals surface area (Å²) in [5.74, 6) is 4.93. The molecule has 0 unspecified atom stereocenters. The van der Waals surface area contributed by atoms with Gasteiger partial charge in [0, 0.05) is 6.07 Å². The minimum absolute atomic E-state index is 0.288. The summed E-state index contributed by atoms with van der Waals surface area (Å²) in [5.41, 5.74) is 0. The number of benzene rings is 1. The molecule has 0 fully saturated rings. The van der Waals surface area contributed by atoms with Crippen molar-refractivity contribution in [3.63, 3.8) is 0 Å². The molecule has 2 N–H and O–H groups in total. The second-order valence-electron chi connectivity index (χ2n) is 2.18. The monoisotopic (exact) mass is 171 g/mol. The summed E-state index contributed by atoms with van der Waals surface area (Å²) in [6, 6.07) is 5.90. The molecule has 1 aromatic rings. The van der Waals surface area contributed by atoms with E-state index in [2.05, 4.69) is 4.84 Å². The molecule has 66 valence electrons. The summed E-state index contributed by atoms with van der Waals surface area (Å²) in [5, 5.41) is 0. The van der Waals surface area contributed by atoms with Crippen LogP contribution < -0.4 is 10.6 Å². The van der Waals surface area contributed by atoms with Crippen molar-refractivity contribution in [3.05, 3.63) is 30.1 Å². The Morgan fingerprint density at radius 1 is 1.33 bits per heavy atom. The van der Waals surface area contributed by atoms with Crippen LogP contribution in [0.3, 0.4) is 0 Å². The van der Waals surface area contributed by atoms with Crippen molar-refractivity contribution < 1.29 is 14.0 Å². The van der Waals surface area contributed by atoms with Crippen LogP contribution in [0.4, 0.5) is 4.39 Å². The molecule has 0 heterocycles. The van der Waals surface area contributed by atoms with E-state index in [0.717, 1.165) is 0 Å². The van der Waals surface area contributed by atoms with Gasteiger partial charge in [-0.25, -0.2) is 10.3 Å². The highest BCUT2D eigenvalue weighted by atomic mass is 19.1. The zero-order chi connectivity index (χ0) is 8.81. The largest absolute Gasteiger partial charge is 0.491 e. The van der Waals surface area contributed by atoms with Gasteiger partial charge in [-0.05, 0) is 12.1 Å². The molecular formula is C8H10FNO2. The van der Waals surface area contributed by atoms with E-state index >= 15 is 0 Å². The lowest BCUT2D eigenvalue weighted by molar-refractivity contribution is 0.102. The van der Waals surface area contributed by atoms with Crippen molar-refractivity contribution >= 4 is 0 Å². The highest BCUT2D eigenvalue weighted by Crippen LogP contribution is 2.11. The molecule has 12 heavy (non-hydrogen) atoms. The molecule has 0 spiro atoms. The van der Waals surface area contributed by atoms with Gasteiger partial charge in [-0.2, -0.15) is 0 Å². The van der Waals surface area contributed by atoms with Crippen LogP contribution in [0, 0.1) is 5.82 Å². The molecule has 1 rings (SSSR count). The fraction of sp³-hybridized carbons (Fsp3) is 0.250.